The Morgan fingerprint density at radius 1 is 1.25 bits per heavy atom. The summed E-state index contributed by atoms with van der Waals surface area (Å²) in [5.74, 6) is 1.75. The Bertz CT molecular complexity index is 419. The monoisotopic (exact) mass is 277 g/mol. The van der Waals surface area contributed by atoms with Crippen molar-refractivity contribution in [2.75, 3.05) is 25.0 Å². The van der Waals surface area contributed by atoms with Crippen molar-refractivity contribution in [2.24, 2.45) is 5.92 Å². The Hall–Kier alpha value is -1.09. The molecule has 20 heavy (non-hydrogen) atoms. The van der Waals surface area contributed by atoms with Crippen LogP contribution < -0.4 is 10.2 Å². The molecule has 0 bridgehead atoms. The second-order valence-corrected chi connectivity index (χ2v) is 6.93. The Morgan fingerprint density at radius 2 is 1.90 bits per heavy atom. The molecule has 1 aromatic rings. The molecule has 0 saturated heterocycles. The second kappa shape index (κ2) is 7.07. The van der Waals surface area contributed by atoms with Crippen molar-refractivity contribution in [3.8, 4) is 0 Å². The third kappa shape index (κ3) is 4.78. The summed E-state index contributed by atoms with van der Waals surface area (Å²) >= 11 is 0. The lowest BCUT2D eigenvalue weighted by atomic mass is 9.90. The van der Waals surface area contributed by atoms with Gasteiger partial charge in [-0.2, -0.15) is 0 Å². The number of anilines is 1. The molecule has 0 radical (unpaired) electrons. The standard InChI is InChI=1S/C17H31N3/c1-8-20(12-13(2)3)16-10-14(11-18-7)9-15(19-16)17(4,5)6/h9-10,13,18H,8,11-12H2,1-7H3. The molecule has 0 fully saturated rings. The van der Waals surface area contributed by atoms with Crippen LogP contribution in [0.4, 0.5) is 5.82 Å². The van der Waals surface area contributed by atoms with Crippen LogP contribution in [-0.4, -0.2) is 25.1 Å². The predicted molar refractivity (Wildman–Crippen MR) is 88.4 cm³/mol. The van der Waals surface area contributed by atoms with Crippen LogP contribution in [0.1, 0.15) is 52.8 Å². The summed E-state index contributed by atoms with van der Waals surface area (Å²) in [4.78, 5) is 7.28. The van der Waals surface area contributed by atoms with E-state index in [9.17, 15) is 0 Å². The zero-order chi connectivity index (χ0) is 15.3. The first-order valence-electron chi connectivity index (χ1n) is 7.69. The smallest absolute Gasteiger partial charge is 0.129 e. The maximum atomic E-state index is 4.91. The maximum Gasteiger partial charge on any atom is 0.129 e. The Labute approximate surface area is 124 Å². The van der Waals surface area contributed by atoms with Crippen molar-refractivity contribution in [3.05, 3.63) is 23.4 Å². The molecule has 3 nitrogen and oxygen atoms in total. The Balaban J connectivity index is 3.19. The molecule has 0 aliphatic rings. The van der Waals surface area contributed by atoms with Gasteiger partial charge in [0.05, 0.1) is 0 Å². The third-order valence-electron chi connectivity index (χ3n) is 3.31. The van der Waals surface area contributed by atoms with Gasteiger partial charge in [-0.3, -0.25) is 0 Å². The third-order valence-corrected chi connectivity index (χ3v) is 3.31. The van der Waals surface area contributed by atoms with Crippen molar-refractivity contribution < 1.29 is 0 Å². The quantitative estimate of drug-likeness (QED) is 0.861. The summed E-state index contributed by atoms with van der Waals surface area (Å²) in [6.45, 7) is 16.3. The normalized spacial score (nSPS) is 12.0. The molecule has 0 aliphatic carbocycles. The average molecular weight is 277 g/mol. The number of rotatable bonds is 6. The zero-order valence-corrected chi connectivity index (χ0v) is 14.2. The van der Waals surface area contributed by atoms with Gasteiger partial charge in [-0.1, -0.05) is 34.6 Å². The molecule has 0 atom stereocenters. The lowest BCUT2D eigenvalue weighted by Crippen LogP contribution is -2.29. The van der Waals surface area contributed by atoms with Gasteiger partial charge in [0.2, 0.25) is 0 Å². The van der Waals surface area contributed by atoms with Gasteiger partial charge in [0.1, 0.15) is 5.82 Å². The van der Waals surface area contributed by atoms with Gasteiger partial charge in [0, 0.05) is 30.7 Å². The van der Waals surface area contributed by atoms with Gasteiger partial charge in [0.15, 0.2) is 0 Å². The molecule has 0 spiro atoms. The number of aromatic nitrogens is 1. The molecule has 1 N–H and O–H groups in total. The van der Waals surface area contributed by atoms with E-state index in [1.165, 1.54) is 11.3 Å². The first kappa shape index (κ1) is 17.0. The van der Waals surface area contributed by atoms with Crippen LogP contribution in [0.2, 0.25) is 0 Å². The fraction of sp³-hybridized carbons (Fsp3) is 0.706. The lowest BCUT2D eigenvalue weighted by Gasteiger charge is -2.27. The van der Waals surface area contributed by atoms with E-state index >= 15 is 0 Å². The fourth-order valence-electron chi connectivity index (χ4n) is 2.25. The van der Waals surface area contributed by atoms with Crippen LogP contribution in [-0.2, 0) is 12.0 Å². The minimum absolute atomic E-state index is 0.0791. The highest BCUT2D eigenvalue weighted by Crippen LogP contribution is 2.25. The van der Waals surface area contributed by atoms with Gasteiger partial charge in [-0.05, 0) is 37.6 Å². The van der Waals surface area contributed by atoms with E-state index in [1.54, 1.807) is 0 Å². The van der Waals surface area contributed by atoms with Crippen molar-refractivity contribution in [1.82, 2.24) is 10.3 Å². The molecule has 1 rings (SSSR count). The lowest BCUT2D eigenvalue weighted by molar-refractivity contribution is 0.561. The van der Waals surface area contributed by atoms with E-state index < -0.39 is 0 Å². The van der Waals surface area contributed by atoms with E-state index in [4.69, 9.17) is 4.98 Å². The van der Waals surface area contributed by atoms with E-state index in [-0.39, 0.29) is 5.41 Å². The van der Waals surface area contributed by atoms with E-state index in [0.717, 1.165) is 25.5 Å². The molecule has 0 aromatic carbocycles. The number of nitrogens with zero attached hydrogens (tertiary/aromatic N) is 2. The highest BCUT2D eigenvalue weighted by molar-refractivity contribution is 5.44. The van der Waals surface area contributed by atoms with Crippen LogP contribution in [0.25, 0.3) is 0 Å². The number of nitrogens with one attached hydrogen (secondary N) is 1. The van der Waals surface area contributed by atoms with E-state index in [0.29, 0.717) is 5.92 Å². The highest BCUT2D eigenvalue weighted by Gasteiger charge is 2.19. The summed E-state index contributed by atoms with van der Waals surface area (Å²) in [6.07, 6.45) is 0. The van der Waals surface area contributed by atoms with Crippen LogP contribution in [0.5, 0.6) is 0 Å². The van der Waals surface area contributed by atoms with Gasteiger partial charge in [-0.15, -0.1) is 0 Å². The van der Waals surface area contributed by atoms with Crippen LogP contribution in [0.15, 0.2) is 12.1 Å². The maximum absolute atomic E-state index is 4.91. The van der Waals surface area contributed by atoms with Crippen molar-refractivity contribution >= 4 is 5.82 Å². The summed E-state index contributed by atoms with van der Waals surface area (Å²) in [7, 11) is 1.99. The largest absolute Gasteiger partial charge is 0.357 e. The van der Waals surface area contributed by atoms with Gasteiger partial charge in [0.25, 0.3) is 0 Å². The van der Waals surface area contributed by atoms with E-state index in [1.807, 2.05) is 7.05 Å². The predicted octanol–water partition coefficient (Wildman–Crippen LogP) is 3.58. The minimum Gasteiger partial charge on any atom is -0.357 e. The van der Waals surface area contributed by atoms with Gasteiger partial charge >= 0.3 is 0 Å². The first-order valence-corrected chi connectivity index (χ1v) is 7.69. The van der Waals surface area contributed by atoms with Crippen molar-refractivity contribution in [2.45, 2.75) is 53.5 Å². The SMILES string of the molecule is CCN(CC(C)C)c1cc(CNC)cc(C(C)(C)C)n1. The number of hydrogen-bond acceptors (Lipinski definition) is 3. The van der Waals surface area contributed by atoms with Crippen molar-refractivity contribution in [1.29, 1.82) is 0 Å². The fourth-order valence-corrected chi connectivity index (χ4v) is 2.25. The van der Waals surface area contributed by atoms with Gasteiger partial charge in [-0.25, -0.2) is 4.98 Å². The summed E-state index contributed by atoms with van der Waals surface area (Å²) in [5, 5.41) is 3.24. The van der Waals surface area contributed by atoms with Crippen LogP contribution in [0.3, 0.4) is 0 Å². The van der Waals surface area contributed by atoms with Crippen LogP contribution in [0, 0.1) is 5.92 Å². The molecule has 3 heteroatoms. The zero-order valence-electron chi connectivity index (χ0n) is 14.2. The summed E-state index contributed by atoms with van der Waals surface area (Å²) < 4.78 is 0. The molecule has 0 saturated carbocycles. The summed E-state index contributed by atoms with van der Waals surface area (Å²) in [6, 6.07) is 4.45. The highest BCUT2D eigenvalue weighted by atomic mass is 15.2. The number of hydrogen-bond donors (Lipinski definition) is 1. The molecular weight excluding hydrogens is 246 g/mol. The molecular formula is C17H31N3. The molecule has 0 amide bonds. The molecule has 0 unspecified atom stereocenters. The topological polar surface area (TPSA) is 28.2 Å². The summed E-state index contributed by atoms with van der Waals surface area (Å²) in [5.41, 5.74) is 2.56. The second-order valence-electron chi connectivity index (χ2n) is 6.93. The minimum atomic E-state index is 0.0791. The van der Waals surface area contributed by atoms with Crippen LogP contribution >= 0.6 is 0 Å². The molecule has 114 valence electrons. The van der Waals surface area contributed by atoms with Crippen molar-refractivity contribution in [3.63, 3.8) is 0 Å². The average Bonchev–Trinajstić information content (AvgIpc) is 2.34. The van der Waals surface area contributed by atoms with E-state index in [2.05, 4.69) is 63.9 Å². The molecule has 1 aromatic heterocycles. The van der Waals surface area contributed by atoms with Gasteiger partial charge < -0.3 is 10.2 Å². The Morgan fingerprint density at radius 3 is 2.35 bits per heavy atom. The molecule has 1 heterocycles. The molecule has 0 aliphatic heterocycles. The first-order chi connectivity index (χ1) is 9.27. The number of pyridine rings is 1. The Kier molecular flexibility index (Phi) is 6.00.